The van der Waals surface area contributed by atoms with Crippen LogP contribution >= 0.6 is 0 Å². The van der Waals surface area contributed by atoms with E-state index in [1.807, 2.05) is 0 Å². The molecule has 2 heterocycles. The second-order valence-electron chi connectivity index (χ2n) is 4.85. The Morgan fingerprint density at radius 2 is 2.17 bits per heavy atom. The first-order valence-corrected chi connectivity index (χ1v) is 6.00. The van der Waals surface area contributed by atoms with E-state index in [0.717, 1.165) is 12.1 Å². The van der Waals surface area contributed by atoms with Crippen LogP contribution in [0.5, 0.6) is 0 Å². The number of aryl methyl sites for hydroxylation is 1. The number of pyridine rings is 1. The van der Waals surface area contributed by atoms with Crippen molar-refractivity contribution in [3.8, 4) is 0 Å². The molecule has 18 heavy (non-hydrogen) atoms. The van der Waals surface area contributed by atoms with Crippen molar-refractivity contribution in [3.63, 3.8) is 0 Å². The van der Waals surface area contributed by atoms with Crippen LogP contribution in [0.2, 0.25) is 0 Å². The summed E-state index contributed by atoms with van der Waals surface area (Å²) in [4.78, 5) is 16.2. The van der Waals surface area contributed by atoms with Crippen molar-refractivity contribution in [1.82, 2.24) is 14.1 Å². The summed E-state index contributed by atoms with van der Waals surface area (Å²) in [6.45, 7) is 0.721. The summed E-state index contributed by atoms with van der Waals surface area (Å²) >= 11 is 0. The highest BCUT2D eigenvalue weighted by molar-refractivity contribution is 6.57. The van der Waals surface area contributed by atoms with Crippen LogP contribution in [0.1, 0.15) is 12.8 Å². The monoisotopic (exact) mass is 247 g/mol. The number of fused-ring (bicyclic) bond motifs is 1. The highest BCUT2D eigenvalue weighted by atomic mass is 16.4. The maximum absolute atomic E-state index is 12.1. The van der Waals surface area contributed by atoms with E-state index in [0.29, 0.717) is 11.6 Å². The third-order valence-corrected chi connectivity index (χ3v) is 3.40. The van der Waals surface area contributed by atoms with Gasteiger partial charge >= 0.3 is 12.8 Å². The quantitative estimate of drug-likeness (QED) is 0.669. The van der Waals surface area contributed by atoms with Crippen molar-refractivity contribution in [3.05, 3.63) is 22.6 Å². The average molecular weight is 247 g/mol. The molecule has 0 saturated heterocycles. The predicted octanol–water partition coefficient (Wildman–Crippen LogP) is -1.18. The van der Waals surface area contributed by atoms with Gasteiger partial charge < -0.3 is 10.0 Å². The van der Waals surface area contributed by atoms with E-state index in [1.54, 1.807) is 17.7 Å². The van der Waals surface area contributed by atoms with Crippen LogP contribution in [0.3, 0.4) is 0 Å². The summed E-state index contributed by atoms with van der Waals surface area (Å²) in [6, 6.07) is 3.26. The molecule has 0 unspecified atom stereocenters. The third-order valence-electron chi connectivity index (χ3n) is 3.40. The van der Waals surface area contributed by atoms with Gasteiger partial charge in [-0.25, -0.2) is 9.78 Å². The molecule has 1 aliphatic carbocycles. The normalized spacial score (nSPS) is 15.3. The molecule has 0 bridgehead atoms. The van der Waals surface area contributed by atoms with Crippen LogP contribution in [-0.4, -0.2) is 31.3 Å². The van der Waals surface area contributed by atoms with Crippen molar-refractivity contribution >= 4 is 23.9 Å². The lowest BCUT2D eigenvalue weighted by atomic mass is 9.86. The fourth-order valence-corrected chi connectivity index (χ4v) is 2.17. The van der Waals surface area contributed by atoms with Crippen LogP contribution < -0.4 is 11.3 Å². The number of imidazole rings is 1. The minimum absolute atomic E-state index is 0.103. The first-order chi connectivity index (χ1) is 8.58. The Morgan fingerprint density at radius 1 is 1.44 bits per heavy atom. The lowest BCUT2D eigenvalue weighted by Gasteiger charge is -2.02. The molecule has 7 heteroatoms. The molecule has 1 fully saturated rings. The van der Waals surface area contributed by atoms with Crippen LogP contribution in [0.15, 0.2) is 16.9 Å². The Balaban J connectivity index is 2.18. The van der Waals surface area contributed by atoms with Gasteiger partial charge in [-0.1, -0.05) is 0 Å². The van der Waals surface area contributed by atoms with Crippen molar-refractivity contribution in [2.45, 2.75) is 19.4 Å². The number of hydrogen-bond acceptors (Lipinski definition) is 4. The molecule has 0 aliphatic heterocycles. The molecule has 94 valence electrons. The zero-order chi connectivity index (χ0) is 12.9. The minimum atomic E-state index is -1.61. The van der Waals surface area contributed by atoms with Crippen LogP contribution in [0, 0.1) is 5.92 Å². The summed E-state index contributed by atoms with van der Waals surface area (Å²) in [5, 5.41) is 18.2. The van der Waals surface area contributed by atoms with E-state index in [1.165, 1.54) is 23.5 Å². The number of aromatic nitrogens is 3. The van der Waals surface area contributed by atoms with Gasteiger partial charge in [0.1, 0.15) is 0 Å². The summed E-state index contributed by atoms with van der Waals surface area (Å²) in [5.74, 6) is 0.594. The highest BCUT2D eigenvalue weighted by Gasteiger charge is 2.25. The SMILES string of the molecule is Cn1c(=O)n(CC2CC2)c2ccc(B(O)O)nc21. The van der Waals surface area contributed by atoms with Gasteiger partial charge in [0, 0.05) is 13.6 Å². The molecule has 0 atom stereocenters. The van der Waals surface area contributed by atoms with Gasteiger partial charge in [-0.3, -0.25) is 9.13 Å². The molecule has 6 nitrogen and oxygen atoms in total. The van der Waals surface area contributed by atoms with E-state index < -0.39 is 7.12 Å². The first-order valence-electron chi connectivity index (χ1n) is 6.00. The van der Waals surface area contributed by atoms with Gasteiger partial charge in [0.25, 0.3) is 0 Å². The molecule has 2 aromatic heterocycles. The Bertz CT molecular complexity index is 657. The fourth-order valence-electron chi connectivity index (χ4n) is 2.17. The van der Waals surface area contributed by atoms with Crippen LogP contribution in [0.4, 0.5) is 0 Å². The van der Waals surface area contributed by atoms with E-state index >= 15 is 0 Å². The summed E-state index contributed by atoms with van der Waals surface area (Å²) < 4.78 is 3.16. The van der Waals surface area contributed by atoms with Gasteiger partial charge in [0.2, 0.25) is 0 Å². The molecule has 0 radical (unpaired) electrons. The second kappa shape index (κ2) is 3.96. The Hall–Kier alpha value is -1.60. The molecule has 2 N–H and O–H groups in total. The van der Waals surface area contributed by atoms with E-state index in [2.05, 4.69) is 4.98 Å². The molecule has 2 aromatic rings. The van der Waals surface area contributed by atoms with Crippen molar-refractivity contribution in [2.75, 3.05) is 0 Å². The molecule has 0 aromatic carbocycles. The third kappa shape index (κ3) is 1.75. The molecule has 0 spiro atoms. The Kier molecular flexibility index (Phi) is 2.53. The van der Waals surface area contributed by atoms with Gasteiger partial charge in [-0.2, -0.15) is 0 Å². The van der Waals surface area contributed by atoms with E-state index in [-0.39, 0.29) is 11.3 Å². The standard InChI is InChI=1S/C11H14BN3O3/c1-14-10-8(4-5-9(13-10)12(17)18)15(11(14)16)6-7-2-3-7/h4-5,7,17-18H,2-3,6H2,1H3. The minimum Gasteiger partial charge on any atom is -0.422 e. The maximum Gasteiger partial charge on any atom is 0.508 e. The lowest BCUT2D eigenvalue weighted by molar-refractivity contribution is 0.424. The molecule has 1 saturated carbocycles. The summed E-state index contributed by atoms with van der Waals surface area (Å²) in [6.07, 6.45) is 2.34. The molecule has 0 amide bonds. The lowest BCUT2D eigenvalue weighted by Crippen LogP contribution is -2.32. The zero-order valence-electron chi connectivity index (χ0n) is 10.1. The second-order valence-corrected chi connectivity index (χ2v) is 4.85. The smallest absolute Gasteiger partial charge is 0.422 e. The van der Waals surface area contributed by atoms with E-state index in [9.17, 15) is 4.79 Å². The summed E-state index contributed by atoms with van der Waals surface area (Å²) in [5.41, 5.74) is 1.29. The Morgan fingerprint density at radius 3 is 2.78 bits per heavy atom. The average Bonchev–Trinajstić information content (AvgIpc) is 3.13. The first kappa shape index (κ1) is 11.5. The molecule has 1 aliphatic rings. The predicted molar refractivity (Wildman–Crippen MR) is 67.5 cm³/mol. The van der Waals surface area contributed by atoms with Crippen molar-refractivity contribution < 1.29 is 10.0 Å². The number of rotatable bonds is 3. The molecular formula is C11H14BN3O3. The van der Waals surface area contributed by atoms with Gasteiger partial charge in [0.05, 0.1) is 11.1 Å². The van der Waals surface area contributed by atoms with Gasteiger partial charge in [0.15, 0.2) is 5.65 Å². The maximum atomic E-state index is 12.1. The topological polar surface area (TPSA) is 80.3 Å². The van der Waals surface area contributed by atoms with Crippen LogP contribution in [-0.2, 0) is 13.6 Å². The zero-order valence-corrected chi connectivity index (χ0v) is 10.1. The number of hydrogen-bond donors (Lipinski definition) is 2. The molecule has 3 rings (SSSR count). The highest BCUT2D eigenvalue weighted by Crippen LogP contribution is 2.30. The largest absolute Gasteiger partial charge is 0.508 e. The van der Waals surface area contributed by atoms with Gasteiger partial charge in [-0.05, 0) is 30.9 Å². The van der Waals surface area contributed by atoms with Crippen molar-refractivity contribution in [1.29, 1.82) is 0 Å². The van der Waals surface area contributed by atoms with Crippen molar-refractivity contribution in [2.24, 2.45) is 13.0 Å². The summed E-state index contributed by atoms with van der Waals surface area (Å²) in [7, 11) is 0.0329. The van der Waals surface area contributed by atoms with Crippen LogP contribution in [0.25, 0.3) is 11.2 Å². The van der Waals surface area contributed by atoms with Gasteiger partial charge in [-0.15, -0.1) is 0 Å². The Labute approximate surface area is 104 Å². The van der Waals surface area contributed by atoms with E-state index in [4.69, 9.17) is 10.0 Å². The molecular weight excluding hydrogens is 233 g/mol. The number of nitrogens with zero attached hydrogens (tertiary/aromatic N) is 3. The fraction of sp³-hybridized carbons (Fsp3) is 0.455.